The zero-order valence-corrected chi connectivity index (χ0v) is 7.95. The molecule has 0 atom stereocenters. The van der Waals surface area contributed by atoms with Crippen LogP contribution in [0.4, 0.5) is 5.13 Å². The Balaban J connectivity index is 2.29. The average molecular weight is 203 g/mol. The molecule has 0 bridgehead atoms. The summed E-state index contributed by atoms with van der Waals surface area (Å²) in [6.07, 6.45) is 2.09. The number of hydrogen-bond acceptors (Lipinski definition) is 5. The second-order valence-corrected chi connectivity index (χ2v) is 4.54. The highest BCUT2D eigenvalue weighted by molar-refractivity contribution is 8.01. The summed E-state index contributed by atoms with van der Waals surface area (Å²) < 4.78 is 1.02. The number of nitrogens with two attached hydrogens (primary N) is 2. The van der Waals surface area contributed by atoms with Gasteiger partial charge >= 0.3 is 0 Å². The predicted molar refractivity (Wildman–Crippen MR) is 51.1 cm³/mol. The van der Waals surface area contributed by atoms with E-state index in [0.29, 0.717) is 17.3 Å². The Hall–Kier alpha value is -0.750. The first-order valence-corrected chi connectivity index (χ1v) is 5.11. The molecule has 1 aromatic rings. The minimum absolute atomic E-state index is 0.278. The SMILES string of the molecule is NC(=O)CCSc1cnc(N)s1. The van der Waals surface area contributed by atoms with Crippen LogP contribution in [0.25, 0.3) is 0 Å². The molecule has 1 aromatic heterocycles. The summed E-state index contributed by atoms with van der Waals surface area (Å²) in [6.45, 7) is 0. The van der Waals surface area contributed by atoms with Crippen molar-refractivity contribution >= 4 is 34.1 Å². The Kier molecular flexibility index (Phi) is 3.36. The lowest BCUT2D eigenvalue weighted by atomic mass is 10.5. The number of rotatable bonds is 4. The maximum atomic E-state index is 10.4. The smallest absolute Gasteiger partial charge is 0.218 e. The normalized spacial score (nSPS) is 10.0. The van der Waals surface area contributed by atoms with Crippen LogP contribution in [0.15, 0.2) is 10.4 Å². The van der Waals surface area contributed by atoms with Crippen molar-refractivity contribution in [3.8, 4) is 0 Å². The Morgan fingerprint density at radius 3 is 3.00 bits per heavy atom. The van der Waals surface area contributed by atoms with E-state index in [1.165, 1.54) is 11.3 Å². The molecule has 1 amide bonds. The molecule has 4 N–H and O–H groups in total. The van der Waals surface area contributed by atoms with E-state index in [-0.39, 0.29) is 5.91 Å². The van der Waals surface area contributed by atoms with Crippen LogP contribution in [0.3, 0.4) is 0 Å². The summed E-state index contributed by atoms with van der Waals surface area (Å²) in [5.41, 5.74) is 10.4. The number of hydrogen-bond donors (Lipinski definition) is 2. The lowest BCUT2D eigenvalue weighted by molar-refractivity contribution is -0.117. The number of nitrogen functional groups attached to an aromatic ring is 1. The van der Waals surface area contributed by atoms with Gasteiger partial charge < -0.3 is 11.5 Å². The number of amides is 1. The van der Waals surface area contributed by atoms with Crippen molar-refractivity contribution in [1.29, 1.82) is 0 Å². The van der Waals surface area contributed by atoms with Gasteiger partial charge in [-0.1, -0.05) is 11.3 Å². The third-order valence-electron chi connectivity index (χ3n) is 1.10. The van der Waals surface area contributed by atoms with Crippen molar-refractivity contribution in [3.05, 3.63) is 6.20 Å². The standard InChI is InChI=1S/C6H9N3OS2/c7-4(10)1-2-11-5-3-9-6(8)12-5/h3H,1-2H2,(H2,7,10)(H2,8,9). The third-order valence-corrected chi connectivity index (χ3v) is 3.12. The lowest BCUT2D eigenvalue weighted by Crippen LogP contribution is -2.10. The van der Waals surface area contributed by atoms with Gasteiger partial charge in [0.15, 0.2) is 5.13 Å². The quantitative estimate of drug-likeness (QED) is 0.705. The molecule has 6 heteroatoms. The summed E-state index contributed by atoms with van der Waals surface area (Å²) >= 11 is 2.96. The molecule has 0 unspecified atom stereocenters. The minimum atomic E-state index is -0.278. The fourth-order valence-corrected chi connectivity index (χ4v) is 2.38. The van der Waals surface area contributed by atoms with Gasteiger partial charge in [0.1, 0.15) is 0 Å². The van der Waals surface area contributed by atoms with E-state index < -0.39 is 0 Å². The maximum Gasteiger partial charge on any atom is 0.218 e. The molecule has 0 fully saturated rings. The zero-order valence-electron chi connectivity index (χ0n) is 6.32. The molecule has 0 aliphatic heterocycles. The summed E-state index contributed by atoms with van der Waals surface area (Å²) in [5, 5.41) is 0.552. The van der Waals surface area contributed by atoms with Gasteiger partial charge in [-0.2, -0.15) is 0 Å². The molecule has 1 heterocycles. The van der Waals surface area contributed by atoms with Crippen molar-refractivity contribution in [2.45, 2.75) is 10.6 Å². The van der Waals surface area contributed by atoms with Crippen LogP contribution in [-0.2, 0) is 4.79 Å². The van der Waals surface area contributed by atoms with Crippen molar-refractivity contribution in [1.82, 2.24) is 4.98 Å². The number of anilines is 1. The van der Waals surface area contributed by atoms with Crippen LogP contribution < -0.4 is 11.5 Å². The summed E-state index contributed by atoms with van der Waals surface area (Å²) in [5.74, 6) is 0.414. The molecule has 0 saturated heterocycles. The largest absolute Gasteiger partial charge is 0.375 e. The number of thiazole rings is 1. The lowest BCUT2D eigenvalue weighted by Gasteiger charge is -1.92. The average Bonchev–Trinajstić information content (AvgIpc) is 2.35. The number of carbonyl (C=O) groups excluding carboxylic acids is 1. The Bertz CT molecular complexity index is 274. The van der Waals surface area contributed by atoms with E-state index in [4.69, 9.17) is 11.5 Å². The topological polar surface area (TPSA) is 82.0 Å². The van der Waals surface area contributed by atoms with Gasteiger partial charge in [0.25, 0.3) is 0 Å². The molecule has 0 aliphatic rings. The molecule has 0 aliphatic carbocycles. The van der Waals surface area contributed by atoms with Crippen molar-refractivity contribution in [2.75, 3.05) is 11.5 Å². The maximum absolute atomic E-state index is 10.4. The van der Waals surface area contributed by atoms with Crippen LogP contribution in [0.1, 0.15) is 6.42 Å². The first kappa shape index (κ1) is 9.34. The molecule has 0 radical (unpaired) electrons. The monoisotopic (exact) mass is 203 g/mol. The molecular weight excluding hydrogens is 194 g/mol. The van der Waals surface area contributed by atoms with Crippen molar-refractivity contribution in [2.24, 2.45) is 5.73 Å². The fourth-order valence-electron chi connectivity index (χ4n) is 0.591. The number of nitrogens with zero attached hydrogens (tertiary/aromatic N) is 1. The number of aromatic nitrogens is 1. The first-order chi connectivity index (χ1) is 5.68. The van der Waals surface area contributed by atoms with Gasteiger partial charge in [-0.3, -0.25) is 4.79 Å². The summed E-state index contributed by atoms with van der Waals surface area (Å²) in [4.78, 5) is 14.2. The number of primary amides is 1. The highest BCUT2D eigenvalue weighted by Gasteiger charge is 2.00. The molecule has 4 nitrogen and oxygen atoms in total. The zero-order chi connectivity index (χ0) is 8.97. The Morgan fingerprint density at radius 2 is 2.50 bits per heavy atom. The predicted octanol–water partition coefficient (Wildman–Crippen LogP) is 0.693. The third kappa shape index (κ3) is 3.10. The Morgan fingerprint density at radius 1 is 1.75 bits per heavy atom. The van der Waals surface area contributed by atoms with E-state index in [1.54, 1.807) is 18.0 Å². The molecule has 66 valence electrons. The van der Waals surface area contributed by atoms with E-state index in [0.717, 1.165) is 4.21 Å². The molecule has 0 aromatic carbocycles. The van der Waals surface area contributed by atoms with Crippen molar-refractivity contribution in [3.63, 3.8) is 0 Å². The fraction of sp³-hybridized carbons (Fsp3) is 0.333. The second-order valence-electron chi connectivity index (χ2n) is 2.08. The highest BCUT2D eigenvalue weighted by Crippen LogP contribution is 2.26. The molecule has 0 spiro atoms. The van der Waals surface area contributed by atoms with E-state index in [2.05, 4.69) is 4.98 Å². The van der Waals surface area contributed by atoms with Crippen LogP contribution in [0.5, 0.6) is 0 Å². The van der Waals surface area contributed by atoms with Crippen LogP contribution in [0, 0.1) is 0 Å². The number of carbonyl (C=O) groups is 1. The number of thioether (sulfide) groups is 1. The van der Waals surface area contributed by atoms with Gasteiger partial charge in [0.2, 0.25) is 5.91 Å². The van der Waals surface area contributed by atoms with Crippen LogP contribution in [0.2, 0.25) is 0 Å². The van der Waals surface area contributed by atoms with Gasteiger partial charge in [0.05, 0.1) is 10.4 Å². The van der Waals surface area contributed by atoms with E-state index >= 15 is 0 Å². The summed E-state index contributed by atoms with van der Waals surface area (Å²) in [7, 11) is 0. The Labute approximate surface area is 78.4 Å². The molecule has 12 heavy (non-hydrogen) atoms. The van der Waals surface area contributed by atoms with Gasteiger partial charge in [-0.05, 0) is 0 Å². The molecule has 0 saturated carbocycles. The van der Waals surface area contributed by atoms with Gasteiger partial charge in [-0.15, -0.1) is 11.8 Å². The van der Waals surface area contributed by atoms with E-state index in [1.807, 2.05) is 0 Å². The van der Waals surface area contributed by atoms with Gasteiger partial charge in [-0.25, -0.2) is 4.98 Å². The van der Waals surface area contributed by atoms with Crippen LogP contribution >= 0.6 is 23.1 Å². The van der Waals surface area contributed by atoms with Crippen molar-refractivity contribution < 1.29 is 4.79 Å². The molecule has 1 rings (SSSR count). The summed E-state index contributed by atoms with van der Waals surface area (Å²) in [6, 6.07) is 0. The van der Waals surface area contributed by atoms with Gasteiger partial charge in [0, 0.05) is 12.2 Å². The minimum Gasteiger partial charge on any atom is -0.375 e. The second kappa shape index (κ2) is 4.32. The highest BCUT2D eigenvalue weighted by atomic mass is 32.2. The van der Waals surface area contributed by atoms with E-state index in [9.17, 15) is 4.79 Å². The first-order valence-electron chi connectivity index (χ1n) is 3.31. The van der Waals surface area contributed by atoms with Crippen LogP contribution in [-0.4, -0.2) is 16.6 Å². The molecular formula is C6H9N3OS2.